The molecule has 0 saturated carbocycles. The maximum Gasteiger partial charge on any atom is 0.154 e. The molecule has 4 rings (SSSR count). The van der Waals surface area contributed by atoms with Crippen LogP contribution in [0.2, 0.25) is 0 Å². The molecule has 4 heterocycles. The van der Waals surface area contributed by atoms with Crippen LogP contribution < -0.4 is 0 Å². The van der Waals surface area contributed by atoms with Gasteiger partial charge in [-0.2, -0.15) is 0 Å². The van der Waals surface area contributed by atoms with Gasteiger partial charge in [0.25, 0.3) is 0 Å². The smallest absolute Gasteiger partial charge is 0.154 e. The topological polar surface area (TPSA) is 151 Å². The second-order valence-electron chi connectivity index (χ2n) is 14.8. The van der Waals surface area contributed by atoms with Crippen LogP contribution in [0.1, 0.15) is 113 Å². The van der Waals surface area contributed by atoms with Crippen molar-refractivity contribution in [3.63, 3.8) is 0 Å². The monoisotopic (exact) mass is 722 g/mol. The van der Waals surface area contributed by atoms with E-state index < -0.39 is 0 Å². The molecule has 2 aromatic heterocycles. The molecule has 2 aliphatic rings. The van der Waals surface area contributed by atoms with Crippen molar-refractivity contribution >= 4 is 11.6 Å². The fourth-order valence-corrected chi connectivity index (χ4v) is 5.89. The van der Waals surface area contributed by atoms with E-state index in [-0.39, 0.29) is 68.7 Å². The minimum atomic E-state index is 0. The Balaban J connectivity index is 0.000000347. The lowest BCUT2D eigenvalue weighted by Crippen LogP contribution is -2.35. The average Bonchev–Trinajstić information content (AvgIpc) is 3.65. The lowest BCUT2D eigenvalue weighted by Gasteiger charge is -2.30. The van der Waals surface area contributed by atoms with Gasteiger partial charge in [0.1, 0.15) is 24.5 Å². The molecule has 0 aromatic carbocycles. The standard InChI is InChI=1S/2C18H31N3O4.CH4/c2*1-13(2)7-16(22)10-21-9-15(19-20-21)11-23-12-18-8-17(5-6-24-18)25-14(3)4;/h2*9,13-14,17-18H,5-8,10-12H2,1-4H3;1H4/t2*17-,18+;/m10./s1. The molecule has 292 valence electrons. The van der Waals surface area contributed by atoms with Crippen LogP contribution in [0, 0.1) is 11.8 Å². The molecule has 2 aliphatic heterocycles. The van der Waals surface area contributed by atoms with Crippen molar-refractivity contribution < 1.29 is 38.0 Å². The Morgan fingerprint density at radius 1 is 0.706 bits per heavy atom. The van der Waals surface area contributed by atoms with Gasteiger partial charge in [-0.25, -0.2) is 9.36 Å². The SMILES string of the molecule is C.CC(C)CC(=O)Cn1cc(COC[C@@H]2C[C@H](OC(C)C)CCO2)nn1.CC(C)CC(=O)Cn1cc(COC[C@H]2C[C@@H](OC(C)C)CCO2)nn1. The van der Waals surface area contributed by atoms with Gasteiger partial charge in [-0.3, -0.25) is 9.59 Å². The first-order chi connectivity index (χ1) is 23.8. The third-order valence-corrected chi connectivity index (χ3v) is 7.80. The number of hydrogen-bond donors (Lipinski definition) is 0. The number of Topliss-reactive ketones (excluding diaryl/α,β-unsaturated/α-hetero) is 2. The second-order valence-corrected chi connectivity index (χ2v) is 14.8. The van der Waals surface area contributed by atoms with Crippen LogP contribution in [0.3, 0.4) is 0 Å². The van der Waals surface area contributed by atoms with Crippen LogP contribution in [-0.2, 0) is 64.3 Å². The van der Waals surface area contributed by atoms with E-state index in [0.29, 0.717) is 64.3 Å². The number of carbonyl (C=O) groups excluding carboxylic acids is 2. The highest BCUT2D eigenvalue weighted by Crippen LogP contribution is 2.20. The average molecular weight is 723 g/mol. The zero-order valence-electron chi connectivity index (χ0n) is 31.6. The number of aromatic nitrogens is 6. The van der Waals surface area contributed by atoms with Gasteiger partial charge in [0.05, 0.1) is 75.4 Å². The van der Waals surface area contributed by atoms with Gasteiger partial charge >= 0.3 is 0 Å². The summed E-state index contributed by atoms with van der Waals surface area (Å²) in [5, 5.41) is 16.1. The molecule has 51 heavy (non-hydrogen) atoms. The van der Waals surface area contributed by atoms with Crippen molar-refractivity contribution in [3.05, 3.63) is 23.8 Å². The number of carbonyl (C=O) groups is 2. The molecule has 2 fully saturated rings. The first-order valence-corrected chi connectivity index (χ1v) is 18.4. The second kappa shape index (κ2) is 23.8. The summed E-state index contributed by atoms with van der Waals surface area (Å²) in [6, 6.07) is 0. The van der Waals surface area contributed by atoms with Gasteiger partial charge in [0.2, 0.25) is 0 Å². The largest absolute Gasteiger partial charge is 0.376 e. The first kappa shape index (κ1) is 44.5. The van der Waals surface area contributed by atoms with Crippen LogP contribution >= 0.6 is 0 Å². The van der Waals surface area contributed by atoms with Crippen LogP contribution in [0.25, 0.3) is 0 Å². The van der Waals surface area contributed by atoms with E-state index in [1.165, 1.54) is 0 Å². The Bertz CT molecular complexity index is 1160. The fraction of sp³-hybridized carbons (Fsp3) is 0.838. The van der Waals surface area contributed by atoms with Gasteiger partial charge in [-0.15, -0.1) is 10.2 Å². The van der Waals surface area contributed by atoms with Crippen molar-refractivity contribution in [3.8, 4) is 0 Å². The van der Waals surface area contributed by atoms with E-state index in [0.717, 1.165) is 37.1 Å². The van der Waals surface area contributed by atoms with Crippen LogP contribution in [0.15, 0.2) is 12.4 Å². The molecule has 4 atom stereocenters. The maximum atomic E-state index is 11.8. The summed E-state index contributed by atoms with van der Waals surface area (Å²) in [5.41, 5.74) is 1.45. The summed E-state index contributed by atoms with van der Waals surface area (Å²) >= 11 is 0. The molecule has 0 radical (unpaired) electrons. The van der Waals surface area contributed by atoms with Crippen molar-refractivity contribution in [1.82, 2.24) is 30.0 Å². The molecule has 14 heteroatoms. The van der Waals surface area contributed by atoms with Crippen molar-refractivity contribution in [1.29, 1.82) is 0 Å². The highest BCUT2D eigenvalue weighted by molar-refractivity contribution is 5.78. The quantitative estimate of drug-likeness (QED) is 0.172. The Labute approximate surface area is 305 Å². The molecule has 0 unspecified atom stereocenters. The predicted molar refractivity (Wildman–Crippen MR) is 193 cm³/mol. The summed E-state index contributed by atoms with van der Waals surface area (Å²) in [5.74, 6) is 1.05. The molecule has 0 amide bonds. The lowest BCUT2D eigenvalue weighted by atomic mass is 10.1. The summed E-state index contributed by atoms with van der Waals surface area (Å²) in [6.45, 7) is 20.0. The molecule has 2 saturated heterocycles. The van der Waals surface area contributed by atoms with E-state index in [9.17, 15) is 9.59 Å². The zero-order valence-corrected chi connectivity index (χ0v) is 31.6. The summed E-state index contributed by atoms with van der Waals surface area (Å²) in [4.78, 5) is 23.6. The van der Waals surface area contributed by atoms with Crippen molar-refractivity contribution in [2.45, 2.75) is 164 Å². The molecule has 0 bridgehead atoms. The maximum absolute atomic E-state index is 11.8. The molecular formula is C37H66N6O8. The first-order valence-electron chi connectivity index (χ1n) is 18.4. The highest BCUT2D eigenvalue weighted by Gasteiger charge is 2.25. The van der Waals surface area contributed by atoms with Crippen LogP contribution in [-0.4, -0.2) is 105 Å². The summed E-state index contributed by atoms with van der Waals surface area (Å²) in [6.07, 6.45) is 9.32. The van der Waals surface area contributed by atoms with E-state index >= 15 is 0 Å². The molecular weight excluding hydrogens is 656 g/mol. The molecule has 0 aliphatic carbocycles. The summed E-state index contributed by atoms with van der Waals surface area (Å²) < 4.78 is 37.8. The Morgan fingerprint density at radius 3 is 1.45 bits per heavy atom. The predicted octanol–water partition coefficient (Wildman–Crippen LogP) is 5.40. The zero-order chi connectivity index (χ0) is 36.5. The number of ketones is 2. The highest BCUT2D eigenvalue weighted by atomic mass is 16.5. The number of hydrogen-bond acceptors (Lipinski definition) is 12. The Kier molecular flexibility index (Phi) is 20.8. The number of nitrogens with zero attached hydrogens (tertiary/aromatic N) is 6. The van der Waals surface area contributed by atoms with E-state index in [2.05, 4.69) is 48.3 Å². The van der Waals surface area contributed by atoms with Gasteiger partial charge in [0, 0.05) is 38.9 Å². The van der Waals surface area contributed by atoms with Gasteiger partial charge in [-0.05, 0) is 52.4 Å². The van der Waals surface area contributed by atoms with Crippen LogP contribution in [0.5, 0.6) is 0 Å². The number of ether oxygens (including phenoxy) is 6. The van der Waals surface area contributed by atoms with Crippen LogP contribution in [0.4, 0.5) is 0 Å². The third-order valence-electron chi connectivity index (χ3n) is 7.80. The van der Waals surface area contributed by atoms with Crippen molar-refractivity contribution in [2.24, 2.45) is 11.8 Å². The molecule has 0 spiro atoms. The Morgan fingerprint density at radius 2 is 1.10 bits per heavy atom. The molecule has 0 N–H and O–H groups in total. The van der Waals surface area contributed by atoms with E-state index in [1.807, 2.05) is 27.7 Å². The molecule has 2 aromatic rings. The van der Waals surface area contributed by atoms with Crippen molar-refractivity contribution in [2.75, 3.05) is 26.4 Å². The minimum Gasteiger partial charge on any atom is -0.376 e. The van der Waals surface area contributed by atoms with Gasteiger partial charge < -0.3 is 28.4 Å². The lowest BCUT2D eigenvalue weighted by molar-refractivity contribution is -0.121. The normalized spacial score (nSPS) is 20.8. The van der Waals surface area contributed by atoms with E-state index in [1.54, 1.807) is 21.8 Å². The van der Waals surface area contributed by atoms with Gasteiger partial charge in [0.15, 0.2) is 11.6 Å². The van der Waals surface area contributed by atoms with Gasteiger partial charge in [-0.1, -0.05) is 45.5 Å². The molecule has 14 nitrogen and oxygen atoms in total. The number of rotatable bonds is 20. The fourth-order valence-electron chi connectivity index (χ4n) is 5.89. The Hall–Kier alpha value is -2.62. The minimum absolute atomic E-state index is 0. The third kappa shape index (κ3) is 19.2. The summed E-state index contributed by atoms with van der Waals surface area (Å²) in [7, 11) is 0. The van der Waals surface area contributed by atoms with E-state index in [4.69, 9.17) is 28.4 Å².